The van der Waals surface area contributed by atoms with Crippen molar-refractivity contribution in [1.82, 2.24) is 0 Å². The van der Waals surface area contributed by atoms with Gasteiger partial charge in [-0.15, -0.1) is 0 Å². The molecule has 0 saturated heterocycles. The van der Waals surface area contributed by atoms with E-state index in [4.69, 9.17) is 0 Å². The Morgan fingerprint density at radius 2 is 1.79 bits per heavy atom. The van der Waals surface area contributed by atoms with E-state index in [2.05, 4.69) is 0 Å². The Bertz CT molecular complexity index is 789. The fraction of sp³-hybridized carbons (Fsp3) is 0.421. The maximum Gasteiger partial charge on any atom is 0.339 e. The SMILES string of the molecule is C[C@H]1C(=O)C2=C(CCCC2)C(=O)[C@]1(C)c1ccc(O)c(C(=O)O)c1. The third-order valence-corrected chi connectivity index (χ3v) is 5.60. The highest BCUT2D eigenvalue weighted by Crippen LogP contribution is 2.45. The molecule has 2 aliphatic carbocycles. The van der Waals surface area contributed by atoms with Crippen LogP contribution in [0.2, 0.25) is 0 Å². The zero-order valence-corrected chi connectivity index (χ0v) is 13.8. The lowest BCUT2D eigenvalue weighted by atomic mass is 9.59. The van der Waals surface area contributed by atoms with Gasteiger partial charge in [-0.05, 0) is 50.3 Å². The highest BCUT2D eigenvalue weighted by atomic mass is 16.4. The summed E-state index contributed by atoms with van der Waals surface area (Å²) in [7, 11) is 0. The van der Waals surface area contributed by atoms with Crippen molar-refractivity contribution in [2.45, 2.75) is 44.9 Å². The molecule has 126 valence electrons. The molecule has 2 N–H and O–H groups in total. The van der Waals surface area contributed by atoms with Crippen molar-refractivity contribution in [2.24, 2.45) is 5.92 Å². The maximum atomic E-state index is 13.2. The van der Waals surface area contributed by atoms with Gasteiger partial charge in [0.15, 0.2) is 11.6 Å². The summed E-state index contributed by atoms with van der Waals surface area (Å²) < 4.78 is 0. The van der Waals surface area contributed by atoms with Crippen molar-refractivity contribution < 1.29 is 24.6 Å². The third-order valence-electron chi connectivity index (χ3n) is 5.60. The second-order valence-electron chi connectivity index (χ2n) is 6.82. The number of aromatic hydroxyl groups is 1. The number of hydrogen-bond acceptors (Lipinski definition) is 4. The van der Waals surface area contributed by atoms with Crippen LogP contribution in [0.3, 0.4) is 0 Å². The summed E-state index contributed by atoms with van der Waals surface area (Å²) >= 11 is 0. The van der Waals surface area contributed by atoms with Gasteiger partial charge in [-0.25, -0.2) is 4.79 Å². The number of ketones is 2. The Morgan fingerprint density at radius 1 is 1.17 bits per heavy atom. The van der Waals surface area contributed by atoms with E-state index >= 15 is 0 Å². The van der Waals surface area contributed by atoms with Gasteiger partial charge in [0.2, 0.25) is 0 Å². The Labute approximate surface area is 140 Å². The summed E-state index contributed by atoms with van der Waals surface area (Å²) in [5, 5.41) is 18.9. The van der Waals surface area contributed by atoms with Gasteiger partial charge < -0.3 is 10.2 Å². The van der Waals surface area contributed by atoms with Gasteiger partial charge in [-0.2, -0.15) is 0 Å². The molecule has 5 nitrogen and oxygen atoms in total. The number of carbonyl (C=O) groups excluding carboxylic acids is 2. The zero-order chi connectivity index (χ0) is 17.6. The van der Waals surface area contributed by atoms with E-state index in [1.807, 2.05) is 0 Å². The summed E-state index contributed by atoms with van der Waals surface area (Å²) in [4.78, 5) is 37.3. The summed E-state index contributed by atoms with van der Waals surface area (Å²) in [6, 6.07) is 4.13. The maximum absolute atomic E-state index is 13.2. The molecule has 0 fully saturated rings. The Hall–Kier alpha value is -2.43. The van der Waals surface area contributed by atoms with Crippen LogP contribution in [0.15, 0.2) is 29.3 Å². The number of benzene rings is 1. The molecule has 0 amide bonds. The van der Waals surface area contributed by atoms with Crippen LogP contribution in [0, 0.1) is 5.92 Å². The topological polar surface area (TPSA) is 91.7 Å². The lowest BCUT2D eigenvalue weighted by molar-refractivity contribution is -0.131. The van der Waals surface area contributed by atoms with Gasteiger partial charge in [0.1, 0.15) is 11.3 Å². The minimum absolute atomic E-state index is 0.0169. The number of carboxylic acids is 1. The van der Waals surface area contributed by atoms with E-state index in [1.165, 1.54) is 18.2 Å². The van der Waals surface area contributed by atoms with Crippen LogP contribution in [0.25, 0.3) is 0 Å². The van der Waals surface area contributed by atoms with E-state index in [1.54, 1.807) is 13.8 Å². The molecule has 0 aromatic heterocycles. The van der Waals surface area contributed by atoms with Crippen molar-refractivity contribution in [1.29, 1.82) is 0 Å². The second kappa shape index (κ2) is 5.58. The minimum atomic E-state index is -1.27. The molecule has 3 rings (SSSR count). The summed E-state index contributed by atoms with van der Waals surface area (Å²) in [6.07, 6.45) is 3.06. The van der Waals surface area contributed by atoms with Crippen LogP contribution in [0.4, 0.5) is 0 Å². The summed E-state index contributed by atoms with van der Waals surface area (Å²) in [5.41, 5.74) is 0.362. The van der Waals surface area contributed by atoms with Crippen molar-refractivity contribution in [3.8, 4) is 5.75 Å². The van der Waals surface area contributed by atoms with Crippen LogP contribution in [-0.2, 0) is 15.0 Å². The van der Waals surface area contributed by atoms with E-state index < -0.39 is 17.3 Å². The van der Waals surface area contributed by atoms with Crippen LogP contribution in [0.1, 0.15) is 55.5 Å². The second-order valence-corrected chi connectivity index (χ2v) is 6.82. The quantitative estimate of drug-likeness (QED) is 0.870. The standard InChI is InChI=1S/C19H20O5/c1-10-16(21)12-5-3-4-6-13(12)17(22)19(10,2)11-7-8-15(20)14(9-11)18(23)24/h7-10,20H,3-6H2,1-2H3,(H,23,24)/t10-,19-/m0/s1. The first-order valence-corrected chi connectivity index (χ1v) is 8.16. The Kier molecular flexibility index (Phi) is 3.82. The molecule has 2 aliphatic rings. The average molecular weight is 328 g/mol. The van der Waals surface area contributed by atoms with Crippen molar-refractivity contribution in [3.05, 3.63) is 40.5 Å². The highest BCUT2D eigenvalue weighted by molar-refractivity contribution is 6.18. The number of carboxylic acid groups (broad SMARTS) is 1. The molecule has 0 saturated carbocycles. The first-order valence-electron chi connectivity index (χ1n) is 8.16. The van der Waals surface area contributed by atoms with Crippen molar-refractivity contribution >= 4 is 17.5 Å². The number of allylic oxidation sites excluding steroid dienone is 2. The van der Waals surface area contributed by atoms with Crippen molar-refractivity contribution in [2.75, 3.05) is 0 Å². The fourth-order valence-electron chi connectivity index (χ4n) is 3.87. The Balaban J connectivity index is 2.18. The minimum Gasteiger partial charge on any atom is -0.507 e. The van der Waals surface area contributed by atoms with Crippen LogP contribution < -0.4 is 0 Å². The molecule has 1 aromatic carbocycles. The molecule has 0 radical (unpaired) electrons. The van der Waals surface area contributed by atoms with E-state index in [0.717, 1.165) is 12.8 Å². The molecule has 0 spiro atoms. The van der Waals surface area contributed by atoms with Crippen molar-refractivity contribution in [3.63, 3.8) is 0 Å². The molecule has 2 atom stereocenters. The number of aromatic carboxylic acids is 1. The summed E-state index contributed by atoms with van der Waals surface area (Å²) in [5.74, 6) is -2.29. The predicted octanol–water partition coefficient (Wildman–Crippen LogP) is 3.01. The molecule has 0 bridgehead atoms. The molecule has 24 heavy (non-hydrogen) atoms. The predicted molar refractivity (Wildman–Crippen MR) is 87.1 cm³/mol. The van der Waals surface area contributed by atoms with E-state index in [0.29, 0.717) is 29.6 Å². The monoisotopic (exact) mass is 328 g/mol. The van der Waals surface area contributed by atoms with Gasteiger partial charge in [0.25, 0.3) is 0 Å². The lowest BCUT2D eigenvalue weighted by Gasteiger charge is -2.41. The smallest absolute Gasteiger partial charge is 0.339 e. The van der Waals surface area contributed by atoms with Gasteiger partial charge in [0.05, 0.1) is 5.41 Å². The zero-order valence-electron chi connectivity index (χ0n) is 13.8. The van der Waals surface area contributed by atoms with E-state index in [-0.39, 0.29) is 22.9 Å². The largest absolute Gasteiger partial charge is 0.507 e. The first-order chi connectivity index (χ1) is 11.3. The van der Waals surface area contributed by atoms with E-state index in [9.17, 15) is 24.6 Å². The average Bonchev–Trinajstić information content (AvgIpc) is 2.58. The molecule has 5 heteroatoms. The lowest BCUT2D eigenvalue weighted by Crippen LogP contribution is -2.48. The van der Waals surface area contributed by atoms with Crippen LogP contribution in [0.5, 0.6) is 5.75 Å². The highest BCUT2D eigenvalue weighted by Gasteiger charge is 2.50. The summed E-state index contributed by atoms with van der Waals surface area (Å²) in [6.45, 7) is 3.43. The fourth-order valence-corrected chi connectivity index (χ4v) is 3.87. The van der Waals surface area contributed by atoms with Crippen LogP contribution in [-0.4, -0.2) is 27.7 Å². The molecule has 0 aliphatic heterocycles. The number of phenols is 1. The molecule has 0 heterocycles. The van der Waals surface area contributed by atoms with Crippen LogP contribution >= 0.6 is 0 Å². The van der Waals surface area contributed by atoms with Gasteiger partial charge in [0, 0.05) is 17.1 Å². The third kappa shape index (κ3) is 2.19. The van der Waals surface area contributed by atoms with Gasteiger partial charge in [-0.3, -0.25) is 9.59 Å². The number of Topliss-reactive ketones (excluding diaryl/α,β-unsaturated/α-hetero) is 2. The van der Waals surface area contributed by atoms with Gasteiger partial charge in [-0.1, -0.05) is 13.0 Å². The Morgan fingerprint density at radius 3 is 2.42 bits per heavy atom. The number of carbonyl (C=O) groups is 3. The molecular weight excluding hydrogens is 308 g/mol. The molecule has 0 unspecified atom stereocenters. The first kappa shape index (κ1) is 16.4. The number of hydrogen-bond donors (Lipinski definition) is 2. The number of rotatable bonds is 2. The normalized spacial score (nSPS) is 27.2. The van der Waals surface area contributed by atoms with Gasteiger partial charge >= 0.3 is 5.97 Å². The molecular formula is C19H20O5. The molecule has 1 aromatic rings.